The standard InChI is InChI=1S/C14H15Cl2N3S/c15-10-5-12-13(6-11(10)16)19(14(20)17-12)9-3-4-18(7-9)8-1-2-8/h5-6,8-9H,1-4,7H2,(H,17,20). The summed E-state index contributed by atoms with van der Waals surface area (Å²) in [6.45, 7) is 2.26. The van der Waals surface area contributed by atoms with Gasteiger partial charge < -0.3 is 9.55 Å². The van der Waals surface area contributed by atoms with Crippen LogP contribution in [0.25, 0.3) is 11.0 Å². The first-order chi connectivity index (χ1) is 9.63. The van der Waals surface area contributed by atoms with Gasteiger partial charge in [-0.15, -0.1) is 0 Å². The van der Waals surface area contributed by atoms with Crippen LogP contribution >= 0.6 is 35.4 Å². The molecule has 6 heteroatoms. The number of likely N-dealkylation sites (tertiary alicyclic amines) is 1. The molecule has 1 saturated heterocycles. The number of nitrogens with one attached hydrogen (secondary N) is 1. The van der Waals surface area contributed by atoms with E-state index in [0.717, 1.165) is 34.8 Å². The smallest absolute Gasteiger partial charge is 0.178 e. The molecule has 0 spiro atoms. The molecule has 4 rings (SSSR count). The number of aromatic nitrogens is 2. The first-order valence-corrected chi connectivity index (χ1v) is 8.13. The van der Waals surface area contributed by atoms with Crippen molar-refractivity contribution in [2.75, 3.05) is 13.1 Å². The van der Waals surface area contributed by atoms with Crippen molar-refractivity contribution in [1.29, 1.82) is 0 Å². The molecule has 2 fully saturated rings. The normalized spacial score (nSPS) is 23.8. The van der Waals surface area contributed by atoms with Crippen molar-refractivity contribution < 1.29 is 0 Å². The molecular weight excluding hydrogens is 313 g/mol. The lowest BCUT2D eigenvalue weighted by molar-refractivity contribution is 0.314. The highest BCUT2D eigenvalue weighted by Crippen LogP contribution is 2.36. The fraction of sp³-hybridized carbons (Fsp3) is 0.500. The molecule has 2 aromatic rings. The van der Waals surface area contributed by atoms with Gasteiger partial charge in [0.15, 0.2) is 4.77 Å². The van der Waals surface area contributed by atoms with Gasteiger partial charge in [0.1, 0.15) is 0 Å². The molecule has 3 nitrogen and oxygen atoms in total. The Bertz CT molecular complexity index is 732. The van der Waals surface area contributed by atoms with E-state index in [2.05, 4.69) is 14.5 Å². The van der Waals surface area contributed by atoms with Crippen LogP contribution < -0.4 is 0 Å². The van der Waals surface area contributed by atoms with Gasteiger partial charge >= 0.3 is 0 Å². The van der Waals surface area contributed by atoms with Crippen LogP contribution in [-0.2, 0) is 0 Å². The van der Waals surface area contributed by atoms with E-state index in [1.807, 2.05) is 12.1 Å². The van der Waals surface area contributed by atoms with Gasteiger partial charge in [0, 0.05) is 19.1 Å². The quantitative estimate of drug-likeness (QED) is 0.826. The van der Waals surface area contributed by atoms with Crippen molar-refractivity contribution in [3.05, 3.63) is 26.9 Å². The lowest BCUT2D eigenvalue weighted by atomic mass is 10.2. The highest BCUT2D eigenvalue weighted by molar-refractivity contribution is 7.71. The highest BCUT2D eigenvalue weighted by Gasteiger charge is 2.35. The summed E-state index contributed by atoms with van der Waals surface area (Å²) in [5.41, 5.74) is 2.03. The summed E-state index contributed by atoms with van der Waals surface area (Å²) >= 11 is 17.7. The van der Waals surface area contributed by atoms with Crippen LogP contribution in [-0.4, -0.2) is 33.6 Å². The number of H-pyrrole nitrogens is 1. The maximum Gasteiger partial charge on any atom is 0.178 e. The summed E-state index contributed by atoms with van der Waals surface area (Å²) in [7, 11) is 0. The Balaban J connectivity index is 1.77. The number of hydrogen-bond donors (Lipinski definition) is 1. The van der Waals surface area contributed by atoms with Crippen LogP contribution in [0.2, 0.25) is 10.0 Å². The Morgan fingerprint density at radius 1 is 1.10 bits per heavy atom. The summed E-state index contributed by atoms with van der Waals surface area (Å²) in [6.07, 6.45) is 3.86. The van der Waals surface area contributed by atoms with E-state index in [1.165, 1.54) is 19.4 Å². The number of aromatic amines is 1. The van der Waals surface area contributed by atoms with Gasteiger partial charge in [-0.2, -0.15) is 0 Å². The fourth-order valence-electron chi connectivity index (χ4n) is 3.23. The minimum absolute atomic E-state index is 0.439. The summed E-state index contributed by atoms with van der Waals surface area (Å²) in [6, 6.07) is 5.04. The summed E-state index contributed by atoms with van der Waals surface area (Å²) in [5, 5.41) is 1.15. The second kappa shape index (κ2) is 4.73. The van der Waals surface area contributed by atoms with Crippen LogP contribution in [0.4, 0.5) is 0 Å². The van der Waals surface area contributed by atoms with Crippen molar-refractivity contribution >= 4 is 46.5 Å². The molecule has 1 unspecified atom stereocenters. The highest BCUT2D eigenvalue weighted by atomic mass is 35.5. The second-order valence-electron chi connectivity index (χ2n) is 5.75. The van der Waals surface area contributed by atoms with Crippen molar-refractivity contribution in [3.63, 3.8) is 0 Å². The van der Waals surface area contributed by atoms with Gasteiger partial charge in [0.2, 0.25) is 0 Å². The number of halogens is 2. The molecule has 0 radical (unpaired) electrons. The van der Waals surface area contributed by atoms with E-state index < -0.39 is 0 Å². The zero-order chi connectivity index (χ0) is 13.9. The van der Waals surface area contributed by atoms with E-state index in [4.69, 9.17) is 35.4 Å². The van der Waals surface area contributed by atoms with E-state index in [-0.39, 0.29) is 0 Å². The van der Waals surface area contributed by atoms with Gasteiger partial charge in [0.25, 0.3) is 0 Å². The van der Waals surface area contributed by atoms with Gasteiger partial charge in [-0.25, -0.2) is 0 Å². The molecule has 20 heavy (non-hydrogen) atoms. The van der Waals surface area contributed by atoms with Crippen LogP contribution in [0.3, 0.4) is 0 Å². The third kappa shape index (κ3) is 2.10. The Hall–Kier alpha value is -0.550. The second-order valence-corrected chi connectivity index (χ2v) is 6.95. The van der Waals surface area contributed by atoms with E-state index in [9.17, 15) is 0 Å². The number of hydrogen-bond acceptors (Lipinski definition) is 2. The lowest BCUT2D eigenvalue weighted by Crippen LogP contribution is -2.23. The van der Waals surface area contributed by atoms with Gasteiger partial charge in [0.05, 0.1) is 27.1 Å². The van der Waals surface area contributed by atoms with Gasteiger partial charge in [-0.3, -0.25) is 4.90 Å². The van der Waals surface area contributed by atoms with Crippen LogP contribution in [0.1, 0.15) is 25.3 Å². The van der Waals surface area contributed by atoms with E-state index in [1.54, 1.807) is 0 Å². The largest absolute Gasteiger partial charge is 0.331 e. The van der Waals surface area contributed by atoms with E-state index in [0.29, 0.717) is 16.1 Å². The number of nitrogens with zero attached hydrogens (tertiary/aromatic N) is 2. The maximum absolute atomic E-state index is 6.16. The molecule has 2 aliphatic rings. The zero-order valence-electron chi connectivity index (χ0n) is 10.9. The zero-order valence-corrected chi connectivity index (χ0v) is 13.2. The van der Waals surface area contributed by atoms with Crippen molar-refractivity contribution in [2.24, 2.45) is 0 Å². The van der Waals surface area contributed by atoms with Crippen molar-refractivity contribution in [1.82, 2.24) is 14.5 Å². The molecule has 1 N–H and O–H groups in total. The number of fused-ring (bicyclic) bond motifs is 1. The first kappa shape index (κ1) is 13.1. The molecule has 2 heterocycles. The van der Waals surface area contributed by atoms with Gasteiger partial charge in [-0.1, -0.05) is 23.2 Å². The summed E-state index contributed by atoms with van der Waals surface area (Å²) in [5.74, 6) is 0. The summed E-state index contributed by atoms with van der Waals surface area (Å²) < 4.78 is 2.98. The number of benzene rings is 1. The molecule has 1 aromatic carbocycles. The Labute approximate surface area is 132 Å². The predicted octanol–water partition coefficient (Wildman–Crippen LogP) is 4.41. The first-order valence-electron chi connectivity index (χ1n) is 6.97. The average Bonchev–Trinajstić information content (AvgIpc) is 3.06. The molecule has 106 valence electrons. The van der Waals surface area contributed by atoms with Crippen LogP contribution in [0, 0.1) is 4.77 Å². The predicted molar refractivity (Wildman–Crippen MR) is 85.4 cm³/mol. The van der Waals surface area contributed by atoms with Crippen molar-refractivity contribution in [2.45, 2.75) is 31.3 Å². The summed E-state index contributed by atoms with van der Waals surface area (Å²) in [4.78, 5) is 5.83. The molecule has 1 saturated carbocycles. The van der Waals surface area contributed by atoms with E-state index >= 15 is 0 Å². The van der Waals surface area contributed by atoms with Crippen LogP contribution in [0.15, 0.2) is 12.1 Å². The molecule has 0 amide bonds. The topological polar surface area (TPSA) is 24.0 Å². The molecule has 1 aliphatic heterocycles. The molecule has 1 aliphatic carbocycles. The lowest BCUT2D eigenvalue weighted by Gasteiger charge is -2.16. The third-order valence-corrected chi connectivity index (χ3v) is 5.40. The SMILES string of the molecule is S=c1[nH]c2cc(Cl)c(Cl)cc2n1C1CCN(C2CC2)C1. The minimum atomic E-state index is 0.439. The molecule has 0 bridgehead atoms. The Morgan fingerprint density at radius 3 is 2.60 bits per heavy atom. The van der Waals surface area contributed by atoms with Gasteiger partial charge in [-0.05, 0) is 43.6 Å². The molecule has 1 atom stereocenters. The maximum atomic E-state index is 6.16. The van der Waals surface area contributed by atoms with Crippen molar-refractivity contribution in [3.8, 4) is 0 Å². The minimum Gasteiger partial charge on any atom is -0.331 e. The number of imidazole rings is 1. The molecule has 1 aromatic heterocycles. The fourth-order valence-corrected chi connectivity index (χ4v) is 3.91. The Morgan fingerprint density at radius 2 is 1.85 bits per heavy atom. The molecular formula is C14H15Cl2N3S. The number of rotatable bonds is 2. The van der Waals surface area contributed by atoms with Crippen LogP contribution in [0.5, 0.6) is 0 Å². The third-order valence-electron chi connectivity index (χ3n) is 4.38. The Kier molecular flexibility index (Phi) is 3.11. The monoisotopic (exact) mass is 327 g/mol. The average molecular weight is 328 g/mol.